The van der Waals surface area contributed by atoms with Crippen molar-refractivity contribution in [3.05, 3.63) is 29.3 Å². The number of thiazole rings is 1. The van der Waals surface area contributed by atoms with Gasteiger partial charge in [0, 0.05) is 23.2 Å². The summed E-state index contributed by atoms with van der Waals surface area (Å²) in [5.74, 6) is 0.573. The van der Waals surface area contributed by atoms with Gasteiger partial charge in [-0.25, -0.2) is 4.98 Å². The molecule has 2 rings (SSSR count). The van der Waals surface area contributed by atoms with Gasteiger partial charge in [0.25, 0.3) is 0 Å². The van der Waals surface area contributed by atoms with Crippen LogP contribution in [0.15, 0.2) is 24.4 Å². The molecule has 0 aliphatic carbocycles. The maximum atomic E-state index is 9.47. The summed E-state index contributed by atoms with van der Waals surface area (Å²) in [6.45, 7) is 0.493. The summed E-state index contributed by atoms with van der Waals surface area (Å²) in [4.78, 5) is 5.29. The number of hydrogen-bond donors (Lipinski definition) is 2. The van der Waals surface area contributed by atoms with Gasteiger partial charge in [0.15, 0.2) is 11.5 Å². The van der Waals surface area contributed by atoms with Crippen molar-refractivity contribution < 1.29 is 9.84 Å². The highest BCUT2D eigenvalue weighted by molar-refractivity contribution is 7.15. The standard InChI is InChI=1S/C11H12N2O2S/c1-15-10-4-7(2-3-9(10)14)11-13-6-8(5-12)16-11/h2-4,6,14H,5,12H2,1H3. The normalized spacial score (nSPS) is 10.4. The minimum Gasteiger partial charge on any atom is -0.504 e. The van der Waals surface area contributed by atoms with Crippen LogP contribution in [-0.2, 0) is 6.54 Å². The summed E-state index contributed by atoms with van der Waals surface area (Å²) in [6, 6.07) is 5.16. The average Bonchev–Trinajstić information content (AvgIpc) is 2.78. The monoisotopic (exact) mass is 236 g/mol. The van der Waals surface area contributed by atoms with E-state index in [1.54, 1.807) is 24.4 Å². The van der Waals surface area contributed by atoms with Gasteiger partial charge in [0.05, 0.1) is 7.11 Å². The molecular weight excluding hydrogens is 224 g/mol. The number of phenolic OH excluding ortho intramolecular Hbond substituents is 1. The van der Waals surface area contributed by atoms with E-state index in [1.807, 2.05) is 0 Å². The Hall–Kier alpha value is -1.59. The molecule has 0 aliphatic heterocycles. The lowest BCUT2D eigenvalue weighted by Crippen LogP contribution is -1.91. The van der Waals surface area contributed by atoms with Crippen LogP contribution in [0.4, 0.5) is 0 Å². The number of aromatic hydroxyl groups is 1. The van der Waals surface area contributed by atoms with Gasteiger partial charge in [-0.2, -0.15) is 0 Å². The van der Waals surface area contributed by atoms with Gasteiger partial charge in [-0.1, -0.05) is 0 Å². The molecule has 0 aliphatic rings. The van der Waals surface area contributed by atoms with Crippen molar-refractivity contribution in [2.75, 3.05) is 7.11 Å². The SMILES string of the molecule is COc1cc(-c2ncc(CN)s2)ccc1O. The van der Waals surface area contributed by atoms with Crippen molar-refractivity contribution in [2.24, 2.45) is 5.73 Å². The predicted octanol–water partition coefficient (Wildman–Crippen LogP) is 1.98. The van der Waals surface area contributed by atoms with E-state index in [2.05, 4.69) is 4.98 Å². The molecule has 0 bridgehead atoms. The molecule has 0 amide bonds. The van der Waals surface area contributed by atoms with Crippen LogP contribution in [0.25, 0.3) is 10.6 Å². The van der Waals surface area contributed by atoms with Crippen molar-refractivity contribution >= 4 is 11.3 Å². The Bertz CT molecular complexity index is 496. The Labute approximate surface area is 97.3 Å². The Kier molecular flexibility index (Phi) is 3.07. The van der Waals surface area contributed by atoms with Crippen molar-refractivity contribution in [1.29, 1.82) is 0 Å². The van der Waals surface area contributed by atoms with E-state index in [1.165, 1.54) is 18.4 Å². The summed E-state index contributed by atoms with van der Waals surface area (Å²) in [6.07, 6.45) is 1.76. The predicted molar refractivity (Wildman–Crippen MR) is 63.7 cm³/mol. The van der Waals surface area contributed by atoms with Crippen molar-refractivity contribution in [1.82, 2.24) is 4.98 Å². The van der Waals surface area contributed by atoms with Gasteiger partial charge < -0.3 is 15.6 Å². The molecule has 0 saturated carbocycles. The second-order valence-corrected chi connectivity index (χ2v) is 4.34. The Morgan fingerprint density at radius 2 is 2.31 bits per heavy atom. The van der Waals surface area contributed by atoms with E-state index >= 15 is 0 Å². The number of nitrogens with two attached hydrogens (primary N) is 1. The topological polar surface area (TPSA) is 68.4 Å². The third kappa shape index (κ3) is 2.00. The summed E-state index contributed by atoms with van der Waals surface area (Å²) in [5, 5.41) is 10.3. The molecule has 2 aromatic rings. The fourth-order valence-corrected chi connectivity index (χ4v) is 2.13. The Morgan fingerprint density at radius 3 is 2.94 bits per heavy atom. The van der Waals surface area contributed by atoms with Crippen LogP contribution in [0.1, 0.15) is 4.88 Å². The zero-order valence-electron chi connectivity index (χ0n) is 8.80. The summed E-state index contributed by atoms with van der Waals surface area (Å²) >= 11 is 1.54. The largest absolute Gasteiger partial charge is 0.504 e. The van der Waals surface area contributed by atoms with Crippen LogP contribution in [0.5, 0.6) is 11.5 Å². The van der Waals surface area contributed by atoms with E-state index in [4.69, 9.17) is 10.5 Å². The minimum atomic E-state index is 0.127. The molecule has 1 heterocycles. The molecule has 3 N–H and O–H groups in total. The lowest BCUT2D eigenvalue weighted by Gasteiger charge is -2.04. The van der Waals surface area contributed by atoms with Gasteiger partial charge in [-0.3, -0.25) is 0 Å². The molecule has 84 valence electrons. The fourth-order valence-electron chi connectivity index (χ4n) is 1.35. The number of aromatic nitrogens is 1. The molecule has 0 atom stereocenters. The second-order valence-electron chi connectivity index (χ2n) is 3.22. The maximum absolute atomic E-state index is 9.47. The number of phenols is 1. The average molecular weight is 236 g/mol. The molecule has 0 spiro atoms. The van der Waals surface area contributed by atoms with Gasteiger partial charge in [0.2, 0.25) is 0 Å². The van der Waals surface area contributed by atoms with Gasteiger partial charge in [-0.05, 0) is 18.2 Å². The molecule has 1 aromatic heterocycles. The van der Waals surface area contributed by atoms with Gasteiger partial charge in [-0.15, -0.1) is 11.3 Å². The Morgan fingerprint density at radius 1 is 1.50 bits per heavy atom. The second kappa shape index (κ2) is 4.51. The maximum Gasteiger partial charge on any atom is 0.161 e. The van der Waals surface area contributed by atoms with E-state index < -0.39 is 0 Å². The van der Waals surface area contributed by atoms with E-state index in [-0.39, 0.29) is 5.75 Å². The highest BCUT2D eigenvalue weighted by Gasteiger charge is 2.07. The minimum absolute atomic E-state index is 0.127. The summed E-state index contributed by atoms with van der Waals surface area (Å²) in [5.41, 5.74) is 6.44. The molecular formula is C11H12N2O2S. The fraction of sp³-hybridized carbons (Fsp3) is 0.182. The van der Waals surface area contributed by atoms with Crippen molar-refractivity contribution in [3.8, 4) is 22.1 Å². The highest BCUT2D eigenvalue weighted by Crippen LogP contribution is 2.33. The number of rotatable bonds is 3. The summed E-state index contributed by atoms with van der Waals surface area (Å²) < 4.78 is 5.04. The molecule has 0 unspecified atom stereocenters. The first-order chi connectivity index (χ1) is 7.74. The number of ether oxygens (including phenoxy) is 1. The van der Waals surface area contributed by atoms with E-state index in [0.29, 0.717) is 12.3 Å². The smallest absolute Gasteiger partial charge is 0.161 e. The zero-order chi connectivity index (χ0) is 11.5. The molecule has 4 nitrogen and oxygen atoms in total. The van der Waals surface area contributed by atoms with E-state index in [0.717, 1.165) is 15.4 Å². The third-order valence-electron chi connectivity index (χ3n) is 2.18. The number of benzene rings is 1. The van der Waals surface area contributed by atoms with Crippen LogP contribution < -0.4 is 10.5 Å². The first-order valence-electron chi connectivity index (χ1n) is 4.76. The molecule has 5 heteroatoms. The quantitative estimate of drug-likeness (QED) is 0.855. The van der Waals surface area contributed by atoms with Crippen LogP contribution in [0.2, 0.25) is 0 Å². The van der Waals surface area contributed by atoms with Crippen LogP contribution in [-0.4, -0.2) is 17.2 Å². The molecule has 0 fully saturated rings. The van der Waals surface area contributed by atoms with E-state index in [9.17, 15) is 5.11 Å². The number of nitrogens with zero attached hydrogens (tertiary/aromatic N) is 1. The molecule has 16 heavy (non-hydrogen) atoms. The zero-order valence-corrected chi connectivity index (χ0v) is 9.62. The number of hydrogen-bond acceptors (Lipinski definition) is 5. The van der Waals surface area contributed by atoms with Gasteiger partial charge >= 0.3 is 0 Å². The lowest BCUT2D eigenvalue weighted by molar-refractivity contribution is 0.373. The first kappa shape index (κ1) is 10.9. The first-order valence-corrected chi connectivity index (χ1v) is 5.58. The lowest BCUT2D eigenvalue weighted by atomic mass is 10.2. The van der Waals surface area contributed by atoms with Crippen LogP contribution in [0, 0.1) is 0 Å². The van der Waals surface area contributed by atoms with Gasteiger partial charge in [0.1, 0.15) is 5.01 Å². The Balaban J connectivity index is 2.40. The third-order valence-corrected chi connectivity index (χ3v) is 3.25. The van der Waals surface area contributed by atoms with Crippen molar-refractivity contribution in [2.45, 2.75) is 6.54 Å². The van der Waals surface area contributed by atoms with Crippen LogP contribution >= 0.6 is 11.3 Å². The molecule has 0 saturated heterocycles. The summed E-state index contributed by atoms with van der Waals surface area (Å²) in [7, 11) is 1.52. The number of methoxy groups -OCH3 is 1. The molecule has 1 aromatic carbocycles. The van der Waals surface area contributed by atoms with Crippen molar-refractivity contribution in [3.63, 3.8) is 0 Å². The van der Waals surface area contributed by atoms with Crippen LogP contribution in [0.3, 0.4) is 0 Å². The molecule has 0 radical (unpaired) electrons. The highest BCUT2D eigenvalue weighted by atomic mass is 32.1.